The Bertz CT molecular complexity index is 453. The van der Waals surface area contributed by atoms with Gasteiger partial charge in [-0.1, -0.05) is 30.3 Å². The fraction of sp³-hybridized carbons (Fsp3) is 0.308. The molecule has 1 aromatic heterocycles. The van der Waals surface area contributed by atoms with Crippen LogP contribution in [0.3, 0.4) is 0 Å². The molecule has 0 aliphatic carbocycles. The Morgan fingerprint density at radius 2 is 2.12 bits per heavy atom. The summed E-state index contributed by atoms with van der Waals surface area (Å²) in [4.78, 5) is 5.55. The Kier molecular flexibility index (Phi) is 4.25. The number of nitrogens with two attached hydrogens (primary N) is 1. The molecule has 2 rings (SSSR count). The number of nitrogens with zero attached hydrogens (tertiary/aromatic N) is 1. The van der Waals surface area contributed by atoms with Crippen molar-refractivity contribution in [2.45, 2.75) is 19.5 Å². The van der Waals surface area contributed by atoms with Crippen molar-refractivity contribution < 1.29 is 0 Å². The lowest BCUT2D eigenvalue weighted by atomic mass is 10.1. The summed E-state index contributed by atoms with van der Waals surface area (Å²) in [6.45, 7) is 3.62. The number of nitrogens with one attached hydrogen (secondary N) is 1. The van der Waals surface area contributed by atoms with E-state index >= 15 is 0 Å². The van der Waals surface area contributed by atoms with Crippen molar-refractivity contribution in [2.24, 2.45) is 5.73 Å². The molecule has 1 unspecified atom stereocenters. The molecule has 0 aliphatic heterocycles. The third-order valence-corrected chi connectivity index (χ3v) is 3.45. The van der Waals surface area contributed by atoms with E-state index in [2.05, 4.69) is 29.4 Å². The second kappa shape index (κ2) is 5.91. The van der Waals surface area contributed by atoms with E-state index in [-0.39, 0.29) is 6.04 Å². The fourth-order valence-corrected chi connectivity index (χ4v) is 2.39. The van der Waals surface area contributed by atoms with Crippen LogP contribution in [0.1, 0.15) is 21.5 Å². The summed E-state index contributed by atoms with van der Waals surface area (Å²) >= 11 is 1.72. The van der Waals surface area contributed by atoms with Crippen LogP contribution in [0.15, 0.2) is 36.5 Å². The molecule has 3 N–H and O–H groups in total. The number of thiazole rings is 1. The van der Waals surface area contributed by atoms with Crippen molar-refractivity contribution in [1.82, 2.24) is 10.3 Å². The third-order valence-electron chi connectivity index (χ3n) is 2.54. The molecule has 0 fully saturated rings. The molecule has 17 heavy (non-hydrogen) atoms. The largest absolute Gasteiger partial charge is 0.323 e. The van der Waals surface area contributed by atoms with Gasteiger partial charge in [-0.05, 0) is 12.5 Å². The van der Waals surface area contributed by atoms with Gasteiger partial charge in [-0.2, -0.15) is 0 Å². The Labute approximate surface area is 106 Å². The summed E-state index contributed by atoms with van der Waals surface area (Å²) in [5, 5.41) is 4.45. The topological polar surface area (TPSA) is 50.9 Å². The fourth-order valence-electron chi connectivity index (χ4n) is 1.64. The lowest BCUT2D eigenvalue weighted by Crippen LogP contribution is -2.26. The van der Waals surface area contributed by atoms with Crippen LogP contribution >= 0.6 is 11.3 Å². The van der Waals surface area contributed by atoms with Crippen LogP contribution in [0.4, 0.5) is 0 Å². The van der Waals surface area contributed by atoms with E-state index in [4.69, 9.17) is 5.73 Å². The predicted molar refractivity (Wildman–Crippen MR) is 71.9 cm³/mol. The van der Waals surface area contributed by atoms with Gasteiger partial charge in [-0.3, -0.25) is 0 Å². The van der Waals surface area contributed by atoms with Gasteiger partial charge < -0.3 is 11.1 Å². The Morgan fingerprint density at radius 1 is 1.35 bits per heavy atom. The first kappa shape index (κ1) is 12.2. The smallest absolute Gasteiger partial charge is 0.107 e. The van der Waals surface area contributed by atoms with Gasteiger partial charge >= 0.3 is 0 Å². The molecule has 2 aromatic rings. The molecule has 0 aliphatic rings. The third kappa shape index (κ3) is 3.63. The maximum absolute atomic E-state index is 6.08. The average molecular weight is 247 g/mol. The number of aromatic nitrogens is 1. The molecule has 0 spiro atoms. The second-order valence-electron chi connectivity index (χ2n) is 4.01. The van der Waals surface area contributed by atoms with Crippen LogP contribution in [0.2, 0.25) is 0 Å². The summed E-state index contributed by atoms with van der Waals surface area (Å²) in [6.07, 6.45) is 1.90. The molecule has 1 atom stereocenters. The summed E-state index contributed by atoms with van der Waals surface area (Å²) in [7, 11) is 0. The molecule has 0 amide bonds. The average Bonchev–Trinajstić information content (AvgIpc) is 2.76. The van der Waals surface area contributed by atoms with Gasteiger partial charge in [0.15, 0.2) is 0 Å². The molecule has 0 radical (unpaired) electrons. The zero-order chi connectivity index (χ0) is 12.1. The molecular weight excluding hydrogens is 230 g/mol. The molecule has 0 saturated heterocycles. The molecule has 90 valence electrons. The van der Waals surface area contributed by atoms with Crippen molar-refractivity contribution in [3.63, 3.8) is 0 Å². The van der Waals surface area contributed by atoms with Crippen LogP contribution in [-0.2, 0) is 6.54 Å². The lowest BCUT2D eigenvalue weighted by Gasteiger charge is -2.12. The van der Waals surface area contributed by atoms with Gasteiger partial charge in [-0.15, -0.1) is 11.3 Å². The minimum absolute atomic E-state index is 0.0391. The summed E-state index contributed by atoms with van der Waals surface area (Å²) < 4.78 is 0. The summed E-state index contributed by atoms with van der Waals surface area (Å²) in [6, 6.07) is 10.2. The number of hydrogen-bond acceptors (Lipinski definition) is 4. The maximum atomic E-state index is 6.08. The number of rotatable bonds is 5. The molecule has 0 saturated carbocycles. The molecule has 1 aromatic carbocycles. The van der Waals surface area contributed by atoms with E-state index < -0.39 is 0 Å². The zero-order valence-corrected chi connectivity index (χ0v) is 10.7. The van der Waals surface area contributed by atoms with E-state index in [9.17, 15) is 0 Å². The minimum atomic E-state index is 0.0391. The summed E-state index contributed by atoms with van der Waals surface area (Å²) in [5.41, 5.74) is 7.25. The Balaban J connectivity index is 1.79. The SMILES string of the molecule is Cc1cnc(CNCC(N)c2ccccc2)s1. The van der Waals surface area contributed by atoms with Gasteiger partial charge in [0.25, 0.3) is 0 Å². The molecular formula is C13H17N3S. The monoisotopic (exact) mass is 247 g/mol. The van der Waals surface area contributed by atoms with Crippen LogP contribution < -0.4 is 11.1 Å². The molecule has 0 bridgehead atoms. The van der Waals surface area contributed by atoms with Crippen LogP contribution in [0.5, 0.6) is 0 Å². The van der Waals surface area contributed by atoms with E-state index in [0.29, 0.717) is 0 Å². The zero-order valence-electron chi connectivity index (χ0n) is 9.89. The van der Waals surface area contributed by atoms with E-state index in [1.807, 2.05) is 24.4 Å². The van der Waals surface area contributed by atoms with Gasteiger partial charge in [0.1, 0.15) is 5.01 Å². The first-order chi connectivity index (χ1) is 8.25. The van der Waals surface area contributed by atoms with Crippen molar-refractivity contribution >= 4 is 11.3 Å². The Morgan fingerprint density at radius 3 is 2.76 bits per heavy atom. The normalized spacial score (nSPS) is 12.6. The van der Waals surface area contributed by atoms with Crippen molar-refractivity contribution in [2.75, 3.05) is 6.54 Å². The van der Waals surface area contributed by atoms with E-state index in [1.54, 1.807) is 11.3 Å². The number of aryl methyl sites for hydroxylation is 1. The van der Waals surface area contributed by atoms with Gasteiger partial charge in [0.05, 0.1) is 0 Å². The second-order valence-corrected chi connectivity index (χ2v) is 5.33. The highest BCUT2D eigenvalue weighted by molar-refractivity contribution is 7.11. The van der Waals surface area contributed by atoms with Gasteiger partial charge in [-0.25, -0.2) is 4.98 Å². The van der Waals surface area contributed by atoms with Crippen molar-refractivity contribution in [3.05, 3.63) is 52.0 Å². The maximum Gasteiger partial charge on any atom is 0.107 e. The van der Waals surface area contributed by atoms with Gasteiger partial charge in [0.2, 0.25) is 0 Å². The molecule has 1 heterocycles. The highest BCUT2D eigenvalue weighted by atomic mass is 32.1. The molecule has 4 heteroatoms. The van der Waals surface area contributed by atoms with Crippen LogP contribution in [0, 0.1) is 6.92 Å². The first-order valence-electron chi connectivity index (χ1n) is 5.68. The summed E-state index contributed by atoms with van der Waals surface area (Å²) in [5.74, 6) is 0. The van der Waals surface area contributed by atoms with Crippen molar-refractivity contribution in [1.29, 1.82) is 0 Å². The highest BCUT2D eigenvalue weighted by Gasteiger charge is 2.05. The van der Waals surface area contributed by atoms with E-state index in [1.165, 1.54) is 4.88 Å². The Hall–Kier alpha value is -1.23. The molecule has 3 nitrogen and oxygen atoms in total. The predicted octanol–water partition coefficient (Wildman–Crippen LogP) is 2.24. The highest BCUT2D eigenvalue weighted by Crippen LogP contribution is 2.11. The van der Waals surface area contributed by atoms with Gasteiger partial charge in [0, 0.05) is 30.2 Å². The number of benzene rings is 1. The lowest BCUT2D eigenvalue weighted by molar-refractivity contribution is 0.597. The van der Waals surface area contributed by atoms with E-state index in [0.717, 1.165) is 23.7 Å². The first-order valence-corrected chi connectivity index (χ1v) is 6.50. The number of hydrogen-bond donors (Lipinski definition) is 2. The minimum Gasteiger partial charge on any atom is -0.323 e. The van der Waals surface area contributed by atoms with Crippen LogP contribution in [-0.4, -0.2) is 11.5 Å². The quantitative estimate of drug-likeness (QED) is 0.852. The standard InChI is InChI=1S/C13H17N3S/c1-10-7-16-13(17-10)9-15-8-12(14)11-5-3-2-4-6-11/h2-7,12,15H,8-9,14H2,1H3. The van der Waals surface area contributed by atoms with Crippen LogP contribution in [0.25, 0.3) is 0 Å². The van der Waals surface area contributed by atoms with Crippen molar-refractivity contribution in [3.8, 4) is 0 Å².